The Balaban J connectivity index is 2.50. The number of β-amino-alcohol motifs (C(OH)–C–C–N with tert-alkyl or cyclic N) is 1. The minimum atomic E-state index is -0.514. The van der Waals surface area contributed by atoms with Crippen LogP contribution in [0.4, 0.5) is 4.79 Å². The molecule has 5 heteroatoms. The SMILES string of the molecule is CC(C)(C)OC(=O)N1CCNC[C@H](O)C1. The van der Waals surface area contributed by atoms with Crippen LogP contribution in [0.25, 0.3) is 0 Å². The molecule has 1 heterocycles. The zero-order valence-corrected chi connectivity index (χ0v) is 9.62. The predicted octanol–water partition coefficient (Wildman–Crippen LogP) is 0.188. The van der Waals surface area contributed by atoms with Crippen LogP contribution in [0.1, 0.15) is 20.8 Å². The van der Waals surface area contributed by atoms with Gasteiger partial charge in [0, 0.05) is 19.6 Å². The van der Waals surface area contributed by atoms with Crippen LogP contribution >= 0.6 is 0 Å². The molecule has 0 unspecified atom stereocenters. The fourth-order valence-electron chi connectivity index (χ4n) is 1.39. The molecule has 0 saturated carbocycles. The monoisotopic (exact) mass is 216 g/mol. The number of ether oxygens (including phenoxy) is 1. The number of rotatable bonds is 0. The molecule has 0 spiro atoms. The lowest BCUT2D eigenvalue weighted by atomic mass is 10.2. The lowest BCUT2D eigenvalue weighted by Crippen LogP contribution is -2.41. The zero-order valence-electron chi connectivity index (χ0n) is 9.62. The Kier molecular flexibility index (Phi) is 3.93. The van der Waals surface area contributed by atoms with Gasteiger partial charge in [0.2, 0.25) is 0 Å². The quantitative estimate of drug-likeness (QED) is 0.606. The summed E-state index contributed by atoms with van der Waals surface area (Å²) in [5.41, 5.74) is -0.484. The Morgan fingerprint density at radius 2 is 2.20 bits per heavy atom. The number of nitrogens with one attached hydrogen (secondary N) is 1. The Morgan fingerprint density at radius 3 is 2.80 bits per heavy atom. The van der Waals surface area contributed by atoms with Crippen LogP contribution in [0.2, 0.25) is 0 Å². The average Bonchev–Trinajstić information content (AvgIpc) is 2.26. The second-order valence-electron chi connectivity index (χ2n) is 4.78. The van der Waals surface area contributed by atoms with Crippen molar-refractivity contribution in [2.45, 2.75) is 32.5 Å². The van der Waals surface area contributed by atoms with Crippen molar-refractivity contribution in [1.82, 2.24) is 10.2 Å². The number of hydrogen-bond donors (Lipinski definition) is 2. The van der Waals surface area contributed by atoms with E-state index in [-0.39, 0.29) is 6.09 Å². The number of amides is 1. The molecule has 0 radical (unpaired) electrons. The van der Waals surface area contributed by atoms with Crippen molar-refractivity contribution in [3.05, 3.63) is 0 Å². The number of hydrogen-bond acceptors (Lipinski definition) is 4. The highest BCUT2D eigenvalue weighted by Gasteiger charge is 2.25. The number of carbonyl (C=O) groups is 1. The van der Waals surface area contributed by atoms with E-state index >= 15 is 0 Å². The smallest absolute Gasteiger partial charge is 0.410 e. The zero-order chi connectivity index (χ0) is 11.5. The van der Waals surface area contributed by atoms with Crippen molar-refractivity contribution in [2.75, 3.05) is 26.2 Å². The first-order chi connectivity index (χ1) is 6.88. The largest absolute Gasteiger partial charge is 0.444 e. The van der Waals surface area contributed by atoms with Gasteiger partial charge in [-0.25, -0.2) is 4.79 Å². The summed E-state index contributed by atoms with van der Waals surface area (Å²) in [4.78, 5) is 13.2. The first-order valence-corrected chi connectivity index (χ1v) is 5.25. The summed E-state index contributed by atoms with van der Waals surface area (Å²) in [6.45, 7) is 7.62. The maximum atomic E-state index is 11.7. The van der Waals surface area contributed by atoms with Crippen LogP contribution in [-0.4, -0.2) is 54.0 Å². The number of carbonyl (C=O) groups excluding carboxylic acids is 1. The van der Waals surface area contributed by atoms with Crippen LogP contribution in [0.5, 0.6) is 0 Å². The summed E-state index contributed by atoms with van der Waals surface area (Å²) in [6, 6.07) is 0. The molecule has 0 aromatic heterocycles. The lowest BCUT2D eigenvalue weighted by molar-refractivity contribution is 0.0186. The number of aliphatic hydroxyl groups excluding tert-OH is 1. The standard InChI is InChI=1S/C10H20N2O3/c1-10(2,3)15-9(14)12-5-4-11-6-8(13)7-12/h8,11,13H,4-7H2,1-3H3/t8-/m0/s1. The van der Waals surface area contributed by atoms with E-state index in [2.05, 4.69) is 5.32 Å². The fraction of sp³-hybridized carbons (Fsp3) is 0.900. The number of aliphatic hydroxyl groups is 1. The third-order valence-electron chi connectivity index (χ3n) is 2.02. The van der Waals surface area contributed by atoms with Gasteiger partial charge in [-0.3, -0.25) is 0 Å². The Labute approximate surface area is 90.4 Å². The van der Waals surface area contributed by atoms with E-state index in [0.717, 1.165) is 0 Å². The molecule has 0 aliphatic carbocycles. The normalized spacial score (nSPS) is 23.5. The predicted molar refractivity (Wildman–Crippen MR) is 56.7 cm³/mol. The topological polar surface area (TPSA) is 61.8 Å². The molecule has 1 amide bonds. The van der Waals surface area contributed by atoms with Gasteiger partial charge in [0.1, 0.15) is 5.60 Å². The van der Waals surface area contributed by atoms with E-state index in [1.54, 1.807) is 0 Å². The van der Waals surface area contributed by atoms with Crippen LogP contribution in [0.15, 0.2) is 0 Å². The van der Waals surface area contributed by atoms with Crippen molar-refractivity contribution in [3.63, 3.8) is 0 Å². The van der Waals surface area contributed by atoms with Crippen molar-refractivity contribution >= 4 is 6.09 Å². The second kappa shape index (κ2) is 4.81. The maximum Gasteiger partial charge on any atom is 0.410 e. The second-order valence-corrected chi connectivity index (χ2v) is 4.78. The van der Waals surface area contributed by atoms with Crippen LogP contribution in [-0.2, 0) is 4.74 Å². The Morgan fingerprint density at radius 1 is 1.53 bits per heavy atom. The molecule has 15 heavy (non-hydrogen) atoms. The van der Waals surface area contributed by atoms with Gasteiger partial charge in [-0.15, -0.1) is 0 Å². The van der Waals surface area contributed by atoms with E-state index in [4.69, 9.17) is 4.74 Å². The molecular weight excluding hydrogens is 196 g/mol. The van der Waals surface area contributed by atoms with Crippen molar-refractivity contribution in [2.24, 2.45) is 0 Å². The molecule has 1 atom stereocenters. The number of nitrogens with zero attached hydrogens (tertiary/aromatic N) is 1. The van der Waals surface area contributed by atoms with Gasteiger partial charge in [0.25, 0.3) is 0 Å². The molecular formula is C10H20N2O3. The van der Waals surface area contributed by atoms with E-state index in [1.165, 1.54) is 4.90 Å². The Hall–Kier alpha value is -0.810. The van der Waals surface area contributed by atoms with E-state index < -0.39 is 11.7 Å². The highest BCUT2D eigenvalue weighted by atomic mass is 16.6. The van der Waals surface area contributed by atoms with Gasteiger partial charge in [-0.2, -0.15) is 0 Å². The first-order valence-electron chi connectivity index (χ1n) is 5.25. The fourth-order valence-corrected chi connectivity index (χ4v) is 1.39. The maximum absolute atomic E-state index is 11.7. The molecule has 88 valence electrons. The van der Waals surface area contributed by atoms with Crippen LogP contribution in [0, 0.1) is 0 Å². The molecule has 0 bridgehead atoms. The van der Waals surface area contributed by atoms with Gasteiger partial charge < -0.3 is 20.1 Å². The van der Waals surface area contributed by atoms with Gasteiger partial charge in [-0.1, -0.05) is 0 Å². The summed E-state index contributed by atoms with van der Waals surface area (Å²) in [6.07, 6.45) is -0.870. The minimum absolute atomic E-state index is 0.335. The summed E-state index contributed by atoms with van der Waals surface area (Å²) in [5.74, 6) is 0. The summed E-state index contributed by atoms with van der Waals surface area (Å²) in [5, 5.41) is 12.5. The van der Waals surface area contributed by atoms with Crippen molar-refractivity contribution < 1.29 is 14.6 Å². The molecule has 0 aromatic carbocycles. The van der Waals surface area contributed by atoms with Gasteiger partial charge >= 0.3 is 6.09 Å². The third kappa shape index (κ3) is 4.48. The van der Waals surface area contributed by atoms with Gasteiger partial charge in [0.15, 0.2) is 0 Å². The molecule has 1 aliphatic heterocycles. The van der Waals surface area contributed by atoms with E-state index in [1.807, 2.05) is 20.8 Å². The van der Waals surface area contributed by atoms with E-state index in [9.17, 15) is 9.90 Å². The van der Waals surface area contributed by atoms with Crippen LogP contribution in [0.3, 0.4) is 0 Å². The summed E-state index contributed by atoms with van der Waals surface area (Å²) >= 11 is 0. The first kappa shape index (κ1) is 12.3. The molecule has 1 fully saturated rings. The molecule has 1 rings (SSSR count). The average molecular weight is 216 g/mol. The summed E-state index contributed by atoms with van der Waals surface area (Å²) in [7, 11) is 0. The molecule has 2 N–H and O–H groups in total. The Bertz CT molecular complexity index is 225. The van der Waals surface area contributed by atoms with E-state index in [0.29, 0.717) is 26.2 Å². The third-order valence-corrected chi connectivity index (χ3v) is 2.02. The van der Waals surface area contributed by atoms with Crippen molar-refractivity contribution in [3.8, 4) is 0 Å². The molecule has 5 nitrogen and oxygen atoms in total. The van der Waals surface area contributed by atoms with Crippen LogP contribution < -0.4 is 5.32 Å². The molecule has 1 aliphatic rings. The molecule has 0 aromatic rings. The summed E-state index contributed by atoms with van der Waals surface area (Å²) < 4.78 is 5.23. The van der Waals surface area contributed by atoms with Crippen molar-refractivity contribution in [1.29, 1.82) is 0 Å². The van der Waals surface area contributed by atoms with Gasteiger partial charge in [-0.05, 0) is 20.8 Å². The highest BCUT2D eigenvalue weighted by molar-refractivity contribution is 5.68. The highest BCUT2D eigenvalue weighted by Crippen LogP contribution is 2.10. The lowest BCUT2D eigenvalue weighted by Gasteiger charge is -2.26. The van der Waals surface area contributed by atoms with Gasteiger partial charge in [0.05, 0.1) is 12.6 Å². The minimum Gasteiger partial charge on any atom is -0.444 e. The molecule has 1 saturated heterocycles.